The zero-order valence-electron chi connectivity index (χ0n) is 14.9. The van der Waals surface area contributed by atoms with Crippen LogP contribution in [-0.4, -0.2) is 51.1 Å². The van der Waals surface area contributed by atoms with E-state index in [1.807, 2.05) is 27.2 Å². The maximum atomic E-state index is 11.7. The molecule has 1 aromatic rings. The van der Waals surface area contributed by atoms with Crippen LogP contribution in [0.25, 0.3) is 0 Å². The van der Waals surface area contributed by atoms with Gasteiger partial charge in [-0.3, -0.25) is 4.79 Å². The molecule has 0 spiro atoms. The fraction of sp³-hybridized carbons (Fsp3) is 0.471. The number of methoxy groups -OCH3 is 1. The fourth-order valence-corrected chi connectivity index (χ4v) is 2.17. The third-order valence-electron chi connectivity index (χ3n) is 4.04. The SMILES string of the molecule is C=CC(=O)Nc1cc(N)c(OC)cc1N(C)CC(C)(C)N(C)C. The predicted octanol–water partition coefficient (Wildman–Crippen LogP) is 2.18. The summed E-state index contributed by atoms with van der Waals surface area (Å²) in [6.45, 7) is 8.54. The highest BCUT2D eigenvalue weighted by Gasteiger charge is 2.24. The first-order valence-corrected chi connectivity index (χ1v) is 7.42. The van der Waals surface area contributed by atoms with Crippen LogP contribution in [0.4, 0.5) is 17.1 Å². The van der Waals surface area contributed by atoms with Crippen LogP contribution >= 0.6 is 0 Å². The molecule has 0 saturated heterocycles. The molecule has 0 aliphatic heterocycles. The Kier molecular flexibility index (Phi) is 6.04. The van der Waals surface area contributed by atoms with E-state index in [4.69, 9.17) is 10.5 Å². The van der Waals surface area contributed by atoms with Crippen molar-refractivity contribution in [1.82, 2.24) is 4.90 Å². The van der Waals surface area contributed by atoms with E-state index in [1.165, 1.54) is 6.08 Å². The summed E-state index contributed by atoms with van der Waals surface area (Å²) in [5.41, 5.74) is 7.84. The van der Waals surface area contributed by atoms with Gasteiger partial charge >= 0.3 is 0 Å². The average molecular weight is 320 g/mol. The molecule has 0 aliphatic carbocycles. The van der Waals surface area contributed by atoms with Crippen molar-refractivity contribution in [3.05, 3.63) is 24.8 Å². The van der Waals surface area contributed by atoms with Crippen molar-refractivity contribution in [1.29, 1.82) is 0 Å². The maximum Gasteiger partial charge on any atom is 0.247 e. The lowest BCUT2D eigenvalue weighted by atomic mass is 10.0. The van der Waals surface area contributed by atoms with Crippen molar-refractivity contribution >= 4 is 23.0 Å². The van der Waals surface area contributed by atoms with Gasteiger partial charge in [0, 0.05) is 25.2 Å². The molecule has 0 aliphatic rings. The van der Waals surface area contributed by atoms with Crippen LogP contribution in [-0.2, 0) is 4.79 Å². The van der Waals surface area contributed by atoms with Gasteiger partial charge in [0.1, 0.15) is 5.75 Å². The van der Waals surface area contributed by atoms with Gasteiger partial charge in [-0.2, -0.15) is 0 Å². The van der Waals surface area contributed by atoms with Crippen LogP contribution in [0.1, 0.15) is 13.8 Å². The van der Waals surface area contributed by atoms with Gasteiger partial charge in [0.2, 0.25) is 5.91 Å². The number of hydrogen-bond acceptors (Lipinski definition) is 5. The molecule has 0 fully saturated rings. The minimum atomic E-state index is -0.281. The standard InChI is InChI=1S/C17H28N4O2/c1-8-16(22)19-13-9-12(18)15(23-7)10-14(13)21(6)11-17(2,3)20(4)5/h8-10H,1,11,18H2,2-7H3,(H,19,22). The van der Waals surface area contributed by atoms with E-state index < -0.39 is 0 Å². The number of ether oxygens (including phenoxy) is 1. The molecular formula is C17H28N4O2. The number of hydrogen-bond donors (Lipinski definition) is 2. The third-order valence-corrected chi connectivity index (χ3v) is 4.04. The number of rotatable bonds is 7. The Morgan fingerprint density at radius 3 is 2.48 bits per heavy atom. The second kappa shape index (κ2) is 7.37. The number of carbonyl (C=O) groups excluding carboxylic acids is 1. The zero-order chi connectivity index (χ0) is 17.8. The Hall–Kier alpha value is -2.21. The van der Waals surface area contributed by atoms with Crippen LogP contribution in [0.15, 0.2) is 24.8 Å². The van der Waals surface area contributed by atoms with Gasteiger partial charge in [-0.1, -0.05) is 6.58 Å². The number of amides is 1. The first-order valence-electron chi connectivity index (χ1n) is 7.42. The number of carbonyl (C=O) groups is 1. The van der Waals surface area contributed by atoms with E-state index in [2.05, 4.69) is 35.5 Å². The molecule has 1 aromatic carbocycles. The van der Waals surface area contributed by atoms with Crippen LogP contribution in [0.5, 0.6) is 5.75 Å². The van der Waals surface area contributed by atoms with Crippen molar-refractivity contribution in [3.63, 3.8) is 0 Å². The third kappa shape index (κ3) is 4.63. The highest BCUT2D eigenvalue weighted by Crippen LogP contribution is 2.35. The molecule has 1 amide bonds. The Morgan fingerprint density at radius 1 is 1.39 bits per heavy atom. The smallest absolute Gasteiger partial charge is 0.247 e. The summed E-state index contributed by atoms with van der Waals surface area (Å²) in [4.78, 5) is 15.9. The highest BCUT2D eigenvalue weighted by molar-refractivity contribution is 6.02. The second-order valence-electron chi connectivity index (χ2n) is 6.37. The Balaban J connectivity index is 3.24. The van der Waals surface area contributed by atoms with Crippen LogP contribution in [0.2, 0.25) is 0 Å². The van der Waals surface area contributed by atoms with Gasteiger partial charge in [-0.15, -0.1) is 0 Å². The van der Waals surface area contributed by atoms with E-state index in [0.717, 1.165) is 12.2 Å². The summed E-state index contributed by atoms with van der Waals surface area (Å²) >= 11 is 0. The van der Waals surface area contributed by atoms with Crippen LogP contribution in [0, 0.1) is 0 Å². The lowest BCUT2D eigenvalue weighted by Crippen LogP contribution is -2.47. The summed E-state index contributed by atoms with van der Waals surface area (Å²) in [6, 6.07) is 3.54. The van der Waals surface area contributed by atoms with Crippen molar-refractivity contribution in [2.75, 3.05) is 50.7 Å². The molecule has 128 valence electrons. The lowest BCUT2D eigenvalue weighted by Gasteiger charge is -2.37. The van der Waals surface area contributed by atoms with Crippen LogP contribution < -0.4 is 20.7 Å². The molecule has 0 heterocycles. The first-order chi connectivity index (χ1) is 10.6. The van der Waals surface area contributed by atoms with Crippen molar-refractivity contribution in [3.8, 4) is 5.75 Å². The molecule has 0 bridgehead atoms. The number of likely N-dealkylation sites (N-methyl/N-ethyl adjacent to an activating group) is 2. The Labute approximate surface area is 138 Å². The molecular weight excluding hydrogens is 292 g/mol. The van der Waals surface area contributed by atoms with Crippen LogP contribution in [0.3, 0.4) is 0 Å². The molecule has 0 atom stereocenters. The van der Waals surface area contributed by atoms with E-state index in [0.29, 0.717) is 17.1 Å². The van der Waals surface area contributed by atoms with Gasteiger partial charge < -0.3 is 25.6 Å². The quantitative estimate of drug-likeness (QED) is 0.595. The number of benzene rings is 1. The maximum absolute atomic E-state index is 11.7. The zero-order valence-corrected chi connectivity index (χ0v) is 14.9. The number of nitrogens with zero attached hydrogens (tertiary/aromatic N) is 2. The largest absolute Gasteiger partial charge is 0.495 e. The number of nitrogens with two attached hydrogens (primary N) is 1. The first kappa shape index (κ1) is 18.8. The minimum absolute atomic E-state index is 0.0525. The summed E-state index contributed by atoms with van der Waals surface area (Å²) in [7, 11) is 7.62. The fourth-order valence-electron chi connectivity index (χ4n) is 2.17. The molecule has 0 unspecified atom stereocenters. The summed E-state index contributed by atoms with van der Waals surface area (Å²) in [5, 5.41) is 2.80. The topological polar surface area (TPSA) is 70.8 Å². The summed E-state index contributed by atoms with van der Waals surface area (Å²) in [6.07, 6.45) is 1.23. The predicted molar refractivity (Wildman–Crippen MR) is 97.3 cm³/mol. The molecule has 0 radical (unpaired) electrons. The van der Waals surface area contributed by atoms with E-state index in [-0.39, 0.29) is 11.4 Å². The molecule has 6 heteroatoms. The Bertz CT molecular complexity index is 582. The van der Waals surface area contributed by atoms with Gasteiger partial charge in [-0.05, 0) is 40.1 Å². The second-order valence-corrected chi connectivity index (χ2v) is 6.37. The summed E-state index contributed by atoms with van der Waals surface area (Å²) in [5.74, 6) is 0.294. The monoisotopic (exact) mass is 320 g/mol. The lowest BCUT2D eigenvalue weighted by molar-refractivity contribution is -0.111. The molecule has 0 saturated carbocycles. The highest BCUT2D eigenvalue weighted by atomic mass is 16.5. The minimum Gasteiger partial charge on any atom is -0.495 e. The van der Waals surface area contributed by atoms with Crippen molar-refractivity contribution < 1.29 is 9.53 Å². The number of anilines is 3. The van der Waals surface area contributed by atoms with E-state index >= 15 is 0 Å². The van der Waals surface area contributed by atoms with E-state index in [9.17, 15) is 4.79 Å². The van der Waals surface area contributed by atoms with Gasteiger partial charge in [0.15, 0.2) is 0 Å². The Morgan fingerprint density at radius 2 is 2.00 bits per heavy atom. The number of nitrogen functional groups attached to an aromatic ring is 1. The number of nitrogens with one attached hydrogen (secondary N) is 1. The normalized spacial score (nSPS) is 11.3. The molecule has 6 nitrogen and oxygen atoms in total. The summed E-state index contributed by atoms with van der Waals surface area (Å²) < 4.78 is 5.30. The molecule has 23 heavy (non-hydrogen) atoms. The van der Waals surface area contributed by atoms with Crippen molar-refractivity contribution in [2.24, 2.45) is 0 Å². The van der Waals surface area contributed by atoms with Gasteiger partial charge in [0.05, 0.1) is 24.2 Å². The van der Waals surface area contributed by atoms with Gasteiger partial charge in [0.25, 0.3) is 0 Å². The van der Waals surface area contributed by atoms with Crippen molar-refractivity contribution in [2.45, 2.75) is 19.4 Å². The molecule has 0 aromatic heterocycles. The van der Waals surface area contributed by atoms with E-state index in [1.54, 1.807) is 13.2 Å². The molecule has 3 N–H and O–H groups in total. The van der Waals surface area contributed by atoms with Gasteiger partial charge in [-0.25, -0.2) is 0 Å². The average Bonchev–Trinajstić information content (AvgIpc) is 2.46. The molecule has 1 rings (SSSR count).